The molecule has 3 nitrogen and oxygen atoms in total. The molecule has 1 N–H and O–H groups in total. The first-order valence-electron chi connectivity index (χ1n) is 7.68. The third-order valence-electron chi connectivity index (χ3n) is 3.83. The predicted molar refractivity (Wildman–Crippen MR) is 86.3 cm³/mol. The zero-order valence-corrected chi connectivity index (χ0v) is 12.9. The standard InChI is InChI=1S/C19H18F2O3/c20-19(21)17(13-23-12-15-9-5-2-6-10-15)24-16(18(19)22)11-14-7-3-1-4-8-14/h1-11,17-18,22H,12-13H2/b16-11-/t17-,18-/m0/s1. The summed E-state index contributed by atoms with van der Waals surface area (Å²) in [6, 6.07) is 18.2. The van der Waals surface area contributed by atoms with Crippen molar-refractivity contribution in [1.29, 1.82) is 0 Å². The van der Waals surface area contributed by atoms with Crippen molar-refractivity contribution in [2.24, 2.45) is 0 Å². The van der Waals surface area contributed by atoms with Gasteiger partial charge in [0.1, 0.15) is 5.76 Å². The Bertz CT molecular complexity index is 686. The van der Waals surface area contributed by atoms with Gasteiger partial charge in [-0.3, -0.25) is 0 Å². The predicted octanol–water partition coefficient (Wildman–Crippen LogP) is 3.64. The van der Waals surface area contributed by atoms with Crippen LogP contribution in [0, 0.1) is 0 Å². The summed E-state index contributed by atoms with van der Waals surface area (Å²) in [5.41, 5.74) is 1.58. The molecule has 0 radical (unpaired) electrons. The molecule has 0 aromatic heterocycles. The molecule has 0 aliphatic carbocycles. The number of aliphatic hydroxyl groups is 1. The van der Waals surface area contributed by atoms with Crippen LogP contribution in [0.4, 0.5) is 8.78 Å². The Kier molecular flexibility index (Phi) is 4.92. The highest BCUT2D eigenvalue weighted by Gasteiger charge is 2.56. The van der Waals surface area contributed by atoms with Crippen LogP contribution < -0.4 is 0 Å². The van der Waals surface area contributed by atoms with Crippen LogP contribution in [-0.2, 0) is 16.1 Å². The van der Waals surface area contributed by atoms with E-state index in [1.165, 1.54) is 6.08 Å². The smallest absolute Gasteiger partial charge is 0.318 e. The van der Waals surface area contributed by atoms with E-state index in [1.807, 2.05) is 36.4 Å². The van der Waals surface area contributed by atoms with Gasteiger partial charge in [0.05, 0.1) is 13.2 Å². The molecule has 2 aromatic carbocycles. The van der Waals surface area contributed by atoms with Crippen LogP contribution in [0.3, 0.4) is 0 Å². The minimum absolute atomic E-state index is 0.139. The van der Waals surface area contributed by atoms with E-state index in [1.54, 1.807) is 24.3 Å². The molecule has 0 amide bonds. The zero-order valence-electron chi connectivity index (χ0n) is 12.9. The van der Waals surface area contributed by atoms with Gasteiger partial charge in [0.25, 0.3) is 0 Å². The fourth-order valence-electron chi connectivity index (χ4n) is 2.50. The summed E-state index contributed by atoms with van der Waals surface area (Å²) in [6.07, 6.45) is -2.05. The van der Waals surface area contributed by atoms with Gasteiger partial charge in [0.2, 0.25) is 0 Å². The molecule has 0 spiro atoms. The van der Waals surface area contributed by atoms with Gasteiger partial charge in [-0.2, -0.15) is 8.78 Å². The Balaban J connectivity index is 1.65. The first-order chi connectivity index (χ1) is 11.6. The molecule has 1 aliphatic rings. The molecular formula is C19H18F2O3. The quantitative estimate of drug-likeness (QED) is 0.908. The lowest BCUT2D eigenvalue weighted by molar-refractivity contribution is -0.132. The van der Waals surface area contributed by atoms with Crippen molar-refractivity contribution in [1.82, 2.24) is 0 Å². The number of aliphatic hydroxyl groups excluding tert-OH is 1. The van der Waals surface area contributed by atoms with Crippen LogP contribution >= 0.6 is 0 Å². The highest BCUT2D eigenvalue weighted by molar-refractivity contribution is 5.53. The van der Waals surface area contributed by atoms with Crippen LogP contribution in [-0.4, -0.2) is 29.8 Å². The average Bonchev–Trinajstić information content (AvgIpc) is 2.80. The normalized spacial score (nSPS) is 24.0. The van der Waals surface area contributed by atoms with Crippen molar-refractivity contribution < 1.29 is 23.4 Å². The topological polar surface area (TPSA) is 38.7 Å². The number of rotatable bonds is 5. The Hall–Kier alpha value is -2.24. The lowest BCUT2D eigenvalue weighted by Gasteiger charge is -2.18. The number of hydrogen-bond donors (Lipinski definition) is 1. The second-order valence-electron chi connectivity index (χ2n) is 5.64. The molecule has 1 aliphatic heterocycles. The molecule has 2 aromatic rings. The van der Waals surface area contributed by atoms with E-state index in [0.29, 0.717) is 5.56 Å². The molecule has 5 heteroatoms. The molecule has 1 saturated heterocycles. The number of hydrogen-bond acceptors (Lipinski definition) is 3. The molecule has 0 saturated carbocycles. The van der Waals surface area contributed by atoms with Crippen LogP contribution in [0.15, 0.2) is 66.4 Å². The fourth-order valence-corrected chi connectivity index (χ4v) is 2.50. The molecule has 2 atom stereocenters. The summed E-state index contributed by atoms with van der Waals surface area (Å²) < 4.78 is 39.0. The van der Waals surface area contributed by atoms with Gasteiger partial charge in [-0.1, -0.05) is 60.7 Å². The van der Waals surface area contributed by atoms with E-state index < -0.39 is 18.1 Å². The average molecular weight is 332 g/mol. The SMILES string of the molecule is O[C@H]1/C(=C/c2ccccc2)O[C@@H](COCc2ccccc2)C1(F)F. The maximum Gasteiger partial charge on any atom is 0.318 e. The third-order valence-corrected chi connectivity index (χ3v) is 3.83. The van der Waals surface area contributed by atoms with Gasteiger partial charge in [-0.05, 0) is 17.2 Å². The van der Waals surface area contributed by atoms with Crippen molar-refractivity contribution >= 4 is 6.08 Å². The first-order valence-corrected chi connectivity index (χ1v) is 7.68. The van der Waals surface area contributed by atoms with Crippen molar-refractivity contribution in [3.63, 3.8) is 0 Å². The minimum atomic E-state index is -3.39. The van der Waals surface area contributed by atoms with Crippen LogP contribution in [0.1, 0.15) is 11.1 Å². The summed E-state index contributed by atoms with van der Waals surface area (Å²) in [4.78, 5) is 0. The second-order valence-corrected chi connectivity index (χ2v) is 5.64. The number of alkyl halides is 2. The maximum absolute atomic E-state index is 14.2. The van der Waals surface area contributed by atoms with E-state index in [4.69, 9.17) is 9.47 Å². The van der Waals surface area contributed by atoms with Crippen molar-refractivity contribution in [3.05, 3.63) is 77.5 Å². The Labute approximate surface area is 139 Å². The largest absolute Gasteiger partial charge is 0.483 e. The first kappa shape index (κ1) is 16.6. The minimum Gasteiger partial charge on any atom is -0.483 e. The summed E-state index contributed by atoms with van der Waals surface area (Å²) in [5.74, 6) is -3.53. The van der Waals surface area contributed by atoms with Gasteiger partial charge in [-0.15, -0.1) is 0 Å². The highest BCUT2D eigenvalue weighted by Crippen LogP contribution is 2.39. The van der Waals surface area contributed by atoms with Gasteiger partial charge in [0.15, 0.2) is 12.2 Å². The zero-order chi connectivity index (χ0) is 17.0. The number of benzene rings is 2. The van der Waals surface area contributed by atoms with Gasteiger partial charge in [0, 0.05) is 0 Å². The Morgan fingerprint density at radius 2 is 1.67 bits per heavy atom. The molecule has 126 valence electrons. The van der Waals surface area contributed by atoms with Crippen LogP contribution in [0.2, 0.25) is 0 Å². The van der Waals surface area contributed by atoms with E-state index in [0.717, 1.165) is 5.56 Å². The highest BCUT2D eigenvalue weighted by atomic mass is 19.3. The van der Waals surface area contributed by atoms with Crippen molar-refractivity contribution in [2.75, 3.05) is 6.61 Å². The van der Waals surface area contributed by atoms with Gasteiger partial charge < -0.3 is 14.6 Å². The Morgan fingerprint density at radius 1 is 1.04 bits per heavy atom. The van der Waals surface area contributed by atoms with E-state index in [-0.39, 0.29) is 19.0 Å². The molecule has 1 fully saturated rings. The summed E-state index contributed by atoms with van der Waals surface area (Å²) in [5, 5.41) is 9.87. The molecule has 24 heavy (non-hydrogen) atoms. The molecular weight excluding hydrogens is 314 g/mol. The third kappa shape index (κ3) is 3.63. The summed E-state index contributed by atoms with van der Waals surface area (Å²) in [7, 11) is 0. The summed E-state index contributed by atoms with van der Waals surface area (Å²) in [6.45, 7) is -0.0876. The molecule has 1 heterocycles. The molecule has 0 unspecified atom stereocenters. The van der Waals surface area contributed by atoms with E-state index in [9.17, 15) is 13.9 Å². The maximum atomic E-state index is 14.2. The number of ether oxygens (including phenoxy) is 2. The van der Waals surface area contributed by atoms with Crippen LogP contribution in [0.25, 0.3) is 6.08 Å². The lowest BCUT2D eigenvalue weighted by atomic mass is 10.1. The molecule has 0 bridgehead atoms. The van der Waals surface area contributed by atoms with Crippen LogP contribution in [0.5, 0.6) is 0 Å². The van der Waals surface area contributed by atoms with E-state index >= 15 is 0 Å². The van der Waals surface area contributed by atoms with Gasteiger partial charge >= 0.3 is 5.92 Å². The van der Waals surface area contributed by atoms with Crippen molar-refractivity contribution in [3.8, 4) is 0 Å². The monoisotopic (exact) mass is 332 g/mol. The van der Waals surface area contributed by atoms with Gasteiger partial charge in [-0.25, -0.2) is 0 Å². The van der Waals surface area contributed by atoms with Crippen molar-refractivity contribution in [2.45, 2.75) is 24.7 Å². The fraction of sp³-hybridized carbons (Fsp3) is 0.263. The Morgan fingerprint density at radius 3 is 2.33 bits per heavy atom. The lowest BCUT2D eigenvalue weighted by Crippen LogP contribution is -2.40. The van der Waals surface area contributed by atoms with E-state index in [2.05, 4.69) is 0 Å². The summed E-state index contributed by atoms with van der Waals surface area (Å²) >= 11 is 0. The molecule has 3 rings (SSSR count). The number of halogens is 2. The second kappa shape index (κ2) is 7.11.